The predicted molar refractivity (Wildman–Crippen MR) is 156 cm³/mol. The van der Waals surface area contributed by atoms with Gasteiger partial charge in [-0.1, -0.05) is 38.5 Å². The number of aromatic amines is 1. The minimum Gasteiger partial charge on any atom is -0.324 e. The van der Waals surface area contributed by atoms with Crippen LogP contribution in [0.25, 0.3) is 22.2 Å². The number of amidine groups is 1. The molecule has 2 aliphatic carbocycles. The summed E-state index contributed by atoms with van der Waals surface area (Å²) in [7, 11) is 1.67. The number of aromatic nitrogens is 3. The van der Waals surface area contributed by atoms with E-state index in [0.29, 0.717) is 40.8 Å². The van der Waals surface area contributed by atoms with E-state index in [0.717, 1.165) is 37.2 Å². The highest BCUT2D eigenvalue weighted by Gasteiger charge is 2.36. The van der Waals surface area contributed by atoms with Crippen molar-refractivity contribution in [2.24, 2.45) is 11.7 Å². The van der Waals surface area contributed by atoms with Gasteiger partial charge in [-0.25, -0.2) is 13.8 Å². The van der Waals surface area contributed by atoms with Crippen LogP contribution in [0.5, 0.6) is 0 Å². The van der Waals surface area contributed by atoms with Gasteiger partial charge >= 0.3 is 6.18 Å². The second kappa shape index (κ2) is 13.7. The monoisotopic (exact) mass is 593 g/mol. The first-order valence-corrected chi connectivity index (χ1v) is 14.3. The van der Waals surface area contributed by atoms with E-state index < -0.39 is 23.8 Å². The molecule has 12 heteroatoms. The normalized spacial score (nSPS) is 17.7. The van der Waals surface area contributed by atoms with Gasteiger partial charge in [-0.2, -0.15) is 18.3 Å². The molecule has 5 rings (SSSR count). The number of H-pyrrole nitrogens is 1. The number of nitrogens with zero attached hydrogens (tertiary/aromatic N) is 3. The first-order valence-electron chi connectivity index (χ1n) is 14.3. The lowest BCUT2D eigenvalue weighted by molar-refractivity contribution is -0.141. The lowest BCUT2D eigenvalue weighted by Crippen LogP contribution is -2.36. The van der Waals surface area contributed by atoms with E-state index in [1.165, 1.54) is 4.90 Å². The third-order valence-electron chi connectivity index (χ3n) is 7.65. The van der Waals surface area contributed by atoms with Gasteiger partial charge in [0.05, 0.1) is 17.5 Å². The van der Waals surface area contributed by atoms with Crippen molar-refractivity contribution in [1.29, 1.82) is 10.8 Å². The molecule has 1 aromatic carbocycles. The van der Waals surface area contributed by atoms with E-state index in [1.54, 1.807) is 20.0 Å². The first kappa shape index (κ1) is 33.1. The Morgan fingerprint density at radius 1 is 1.14 bits per heavy atom. The quantitative estimate of drug-likeness (QED) is 0.131. The van der Waals surface area contributed by atoms with E-state index in [-0.39, 0.29) is 30.4 Å². The molecule has 0 amide bonds. The van der Waals surface area contributed by atoms with Gasteiger partial charge < -0.3 is 10.6 Å². The summed E-state index contributed by atoms with van der Waals surface area (Å²) in [5, 5.41) is 23.6. The molecule has 0 saturated heterocycles. The maximum atomic E-state index is 13.5. The summed E-state index contributed by atoms with van der Waals surface area (Å²) in [4.78, 5) is 5.22. The maximum absolute atomic E-state index is 13.5. The summed E-state index contributed by atoms with van der Waals surface area (Å²) in [6, 6.07) is 7.71. The molecule has 0 aliphatic heterocycles. The fourth-order valence-corrected chi connectivity index (χ4v) is 5.22. The second-order valence-electron chi connectivity index (χ2n) is 10.7. The number of hydrogen-bond donors (Lipinski definition) is 4. The number of halogens is 5. The molecule has 3 aromatic rings. The van der Waals surface area contributed by atoms with Gasteiger partial charge in [0.2, 0.25) is 5.92 Å². The summed E-state index contributed by atoms with van der Waals surface area (Å²) in [6.45, 7) is 5.58. The predicted octanol–water partition coefficient (Wildman–Crippen LogP) is 8.29. The van der Waals surface area contributed by atoms with Gasteiger partial charge in [0.15, 0.2) is 0 Å². The van der Waals surface area contributed by atoms with Gasteiger partial charge in [0.1, 0.15) is 17.2 Å². The van der Waals surface area contributed by atoms with Crippen LogP contribution in [-0.4, -0.2) is 45.2 Å². The van der Waals surface area contributed by atoms with Crippen molar-refractivity contribution in [3.05, 3.63) is 47.3 Å². The number of fused-ring (bicyclic) bond motifs is 1. The van der Waals surface area contributed by atoms with Crippen molar-refractivity contribution in [2.75, 3.05) is 7.05 Å². The molecule has 2 atom stereocenters. The third-order valence-corrected chi connectivity index (χ3v) is 7.65. The lowest BCUT2D eigenvalue weighted by Gasteiger charge is -2.36. The molecule has 2 unspecified atom stereocenters. The average Bonchev–Trinajstić information content (AvgIpc) is 3.55. The number of pyridine rings is 1. The van der Waals surface area contributed by atoms with Crippen LogP contribution in [0.2, 0.25) is 0 Å². The van der Waals surface area contributed by atoms with E-state index in [9.17, 15) is 22.0 Å². The topological polar surface area (TPSA) is 119 Å². The Bertz CT molecular complexity index is 1350. The van der Waals surface area contributed by atoms with Crippen molar-refractivity contribution < 1.29 is 22.0 Å². The number of likely N-dealkylation sites (N-methyl/N-ethyl adjacent to an activating group) is 1. The van der Waals surface area contributed by atoms with Gasteiger partial charge in [-0.3, -0.25) is 15.9 Å². The summed E-state index contributed by atoms with van der Waals surface area (Å²) in [5.41, 5.74) is 7.28. The van der Waals surface area contributed by atoms with Crippen LogP contribution in [-0.2, 0) is 6.18 Å². The highest BCUT2D eigenvalue weighted by atomic mass is 19.4. The smallest absolute Gasteiger partial charge is 0.324 e. The third kappa shape index (κ3) is 7.50. The lowest BCUT2D eigenvalue weighted by atomic mass is 9.72. The molecule has 0 radical (unpaired) electrons. The number of benzene rings is 1. The van der Waals surface area contributed by atoms with Crippen LogP contribution < -0.4 is 5.73 Å². The highest BCUT2D eigenvalue weighted by Crippen LogP contribution is 2.42. The Morgan fingerprint density at radius 2 is 1.79 bits per heavy atom. The maximum Gasteiger partial charge on any atom is 0.433 e. The van der Waals surface area contributed by atoms with Crippen molar-refractivity contribution in [1.82, 2.24) is 20.1 Å². The summed E-state index contributed by atoms with van der Waals surface area (Å²) in [5.74, 6) is -1.90. The first-order chi connectivity index (χ1) is 19.8. The Kier molecular flexibility index (Phi) is 10.8. The fourth-order valence-electron chi connectivity index (χ4n) is 5.22. The molecule has 2 aliphatic rings. The van der Waals surface area contributed by atoms with Gasteiger partial charge in [-0.05, 0) is 56.2 Å². The summed E-state index contributed by atoms with van der Waals surface area (Å²) < 4.78 is 64.5. The van der Waals surface area contributed by atoms with Gasteiger partial charge in [0.25, 0.3) is 0 Å². The molecule has 2 fully saturated rings. The molecule has 0 bridgehead atoms. The average molecular weight is 594 g/mol. The van der Waals surface area contributed by atoms with Crippen molar-refractivity contribution in [3.63, 3.8) is 0 Å². The summed E-state index contributed by atoms with van der Waals surface area (Å²) >= 11 is 0. The van der Waals surface area contributed by atoms with Crippen LogP contribution in [0, 0.1) is 16.7 Å². The van der Waals surface area contributed by atoms with Crippen LogP contribution in [0.1, 0.15) is 94.6 Å². The van der Waals surface area contributed by atoms with Gasteiger partial charge in [0, 0.05) is 42.8 Å². The van der Waals surface area contributed by atoms with E-state index in [2.05, 4.69) is 15.2 Å². The molecule has 2 saturated carbocycles. The largest absolute Gasteiger partial charge is 0.433 e. The Labute approximate surface area is 243 Å². The molecular weight excluding hydrogens is 553 g/mol. The van der Waals surface area contributed by atoms with E-state index in [4.69, 9.17) is 16.6 Å². The SMILES string of the molecule is CC.CC(N)c1nc(C(F)(F)F)cc2c(-c3cccc(C(C(=N)N(C)C=N)C4CCC4)c3)n[nH]c12.FC1(F)CCCC1. The minimum atomic E-state index is -4.62. The number of alkyl halides is 5. The van der Waals surface area contributed by atoms with Crippen LogP contribution in [0.3, 0.4) is 0 Å². The van der Waals surface area contributed by atoms with Gasteiger partial charge in [-0.15, -0.1) is 0 Å². The van der Waals surface area contributed by atoms with E-state index in [1.807, 2.05) is 32.0 Å². The number of rotatable bonds is 6. The standard InChI is InChI=1S/C23H26F3N7.C5H8F2.C2H6/c1-12(28)19-21-16(10-17(30-19)23(24,25)26)20(31-32-21)15-8-4-7-14(9-15)18(13-5-3-6-13)22(29)33(2)11-27;6-5(7)3-1-2-4-5;1-2/h4,7-13,18,27,29H,3,5-6,28H2,1-2H3,(H,31,32);1-4H2;1-2H3. The number of nitrogens with two attached hydrogens (primary N) is 1. The fraction of sp³-hybridized carbons (Fsp3) is 0.533. The van der Waals surface area contributed by atoms with Crippen molar-refractivity contribution in [2.45, 2.75) is 89.8 Å². The second-order valence-corrected chi connectivity index (χ2v) is 10.7. The highest BCUT2D eigenvalue weighted by molar-refractivity contribution is 5.96. The summed E-state index contributed by atoms with van der Waals surface area (Å²) in [6.07, 6.45) is 1.25. The zero-order valence-corrected chi connectivity index (χ0v) is 24.5. The molecule has 2 aromatic heterocycles. The zero-order chi connectivity index (χ0) is 31.2. The molecule has 230 valence electrons. The Balaban J connectivity index is 0.000000465. The van der Waals surface area contributed by atoms with Crippen LogP contribution in [0.15, 0.2) is 30.3 Å². The minimum absolute atomic E-state index is 0.108. The Hall–Kier alpha value is -3.41. The van der Waals surface area contributed by atoms with Crippen LogP contribution in [0.4, 0.5) is 22.0 Å². The number of nitrogens with one attached hydrogen (secondary N) is 3. The zero-order valence-electron chi connectivity index (χ0n) is 24.5. The molecule has 7 nitrogen and oxygen atoms in total. The molecule has 42 heavy (non-hydrogen) atoms. The molecule has 5 N–H and O–H groups in total. The molecule has 0 spiro atoms. The Morgan fingerprint density at radius 3 is 2.26 bits per heavy atom. The van der Waals surface area contributed by atoms with E-state index >= 15 is 0 Å². The number of hydrogen-bond acceptors (Lipinski definition) is 5. The van der Waals surface area contributed by atoms with Crippen molar-refractivity contribution >= 4 is 23.1 Å². The molecular formula is C30H40F5N7. The molecule has 2 heterocycles. The van der Waals surface area contributed by atoms with Crippen molar-refractivity contribution in [3.8, 4) is 11.3 Å². The van der Waals surface area contributed by atoms with Crippen LogP contribution >= 0.6 is 0 Å².